The normalized spacial score (nSPS) is 13.7. The number of carbonyl (C=O) groups is 2. The SMILES string of the molecule is Cc1ccc(NC(=O)CS(=O)CC(=O)Nc2ccc3c(c2)CCC3)cc1. The van der Waals surface area contributed by atoms with Gasteiger partial charge in [0.1, 0.15) is 11.5 Å². The lowest BCUT2D eigenvalue weighted by Gasteiger charge is -2.08. The molecule has 26 heavy (non-hydrogen) atoms. The largest absolute Gasteiger partial charge is 0.325 e. The van der Waals surface area contributed by atoms with Crippen molar-refractivity contribution < 1.29 is 13.8 Å². The van der Waals surface area contributed by atoms with Crippen molar-refractivity contribution in [2.24, 2.45) is 0 Å². The van der Waals surface area contributed by atoms with E-state index >= 15 is 0 Å². The second kappa shape index (κ2) is 8.27. The molecule has 1 unspecified atom stereocenters. The van der Waals surface area contributed by atoms with Crippen LogP contribution in [-0.2, 0) is 33.2 Å². The monoisotopic (exact) mass is 370 g/mol. The van der Waals surface area contributed by atoms with E-state index < -0.39 is 10.8 Å². The van der Waals surface area contributed by atoms with Crippen LogP contribution in [0.15, 0.2) is 42.5 Å². The van der Waals surface area contributed by atoms with E-state index in [-0.39, 0.29) is 23.3 Å². The molecule has 2 aromatic carbocycles. The molecule has 2 amide bonds. The molecule has 1 aliphatic rings. The average molecular weight is 370 g/mol. The maximum atomic E-state index is 12.1. The van der Waals surface area contributed by atoms with Crippen LogP contribution in [0.1, 0.15) is 23.1 Å². The first-order valence-corrected chi connectivity index (χ1v) is 10.1. The third-order valence-electron chi connectivity index (χ3n) is 4.30. The number of hydrogen-bond donors (Lipinski definition) is 2. The predicted molar refractivity (Wildman–Crippen MR) is 105 cm³/mol. The summed E-state index contributed by atoms with van der Waals surface area (Å²) in [6.45, 7) is 1.96. The van der Waals surface area contributed by atoms with Crippen molar-refractivity contribution in [2.75, 3.05) is 22.1 Å². The maximum Gasteiger partial charge on any atom is 0.237 e. The first kappa shape index (κ1) is 18.3. The molecule has 0 spiro atoms. The van der Waals surface area contributed by atoms with Gasteiger partial charge in [0.25, 0.3) is 0 Å². The van der Waals surface area contributed by atoms with E-state index in [0.717, 1.165) is 30.5 Å². The van der Waals surface area contributed by atoms with E-state index in [1.165, 1.54) is 11.1 Å². The second-order valence-corrected chi connectivity index (χ2v) is 7.98. The van der Waals surface area contributed by atoms with Gasteiger partial charge in [0.15, 0.2) is 0 Å². The molecule has 0 fully saturated rings. The fraction of sp³-hybridized carbons (Fsp3) is 0.300. The van der Waals surface area contributed by atoms with E-state index in [9.17, 15) is 13.8 Å². The summed E-state index contributed by atoms with van der Waals surface area (Å²) in [7, 11) is -1.56. The lowest BCUT2D eigenvalue weighted by molar-refractivity contribution is -0.114. The third kappa shape index (κ3) is 5.02. The Morgan fingerprint density at radius 3 is 2.15 bits per heavy atom. The van der Waals surface area contributed by atoms with E-state index in [4.69, 9.17) is 0 Å². The van der Waals surface area contributed by atoms with Crippen molar-refractivity contribution in [3.8, 4) is 0 Å². The van der Waals surface area contributed by atoms with Gasteiger partial charge in [0.2, 0.25) is 11.8 Å². The van der Waals surface area contributed by atoms with Gasteiger partial charge < -0.3 is 10.6 Å². The van der Waals surface area contributed by atoms with E-state index in [0.29, 0.717) is 5.69 Å². The number of fused-ring (bicyclic) bond motifs is 1. The third-order valence-corrected chi connectivity index (χ3v) is 5.47. The Balaban J connectivity index is 1.47. The molecule has 0 radical (unpaired) electrons. The van der Waals surface area contributed by atoms with Crippen molar-refractivity contribution in [1.82, 2.24) is 0 Å². The lowest BCUT2D eigenvalue weighted by Crippen LogP contribution is -2.26. The quantitative estimate of drug-likeness (QED) is 0.821. The molecule has 0 saturated heterocycles. The van der Waals surface area contributed by atoms with Crippen molar-refractivity contribution >= 4 is 34.0 Å². The van der Waals surface area contributed by atoms with Gasteiger partial charge in [-0.2, -0.15) is 0 Å². The molecule has 0 heterocycles. The molecule has 1 atom stereocenters. The van der Waals surface area contributed by atoms with Gasteiger partial charge in [0.05, 0.1) is 0 Å². The Hall–Kier alpha value is -2.47. The van der Waals surface area contributed by atoms with E-state index in [1.54, 1.807) is 12.1 Å². The molecule has 136 valence electrons. The van der Waals surface area contributed by atoms with Gasteiger partial charge >= 0.3 is 0 Å². The molecular formula is C20H22N2O3S. The molecule has 1 aliphatic carbocycles. The zero-order chi connectivity index (χ0) is 18.5. The van der Waals surface area contributed by atoms with Gasteiger partial charge in [-0.3, -0.25) is 13.8 Å². The Morgan fingerprint density at radius 1 is 0.885 bits per heavy atom. The van der Waals surface area contributed by atoms with Crippen molar-refractivity contribution in [2.45, 2.75) is 26.2 Å². The summed E-state index contributed by atoms with van der Waals surface area (Å²) in [6.07, 6.45) is 3.26. The van der Waals surface area contributed by atoms with Gasteiger partial charge in [-0.15, -0.1) is 0 Å². The number of carbonyl (C=O) groups excluding carboxylic acids is 2. The van der Waals surface area contributed by atoms with Gasteiger partial charge in [-0.1, -0.05) is 23.8 Å². The average Bonchev–Trinajstić information content (AvgIpc) is 3.04. The van der Waals surface area contributed by atoms with Crippen LogP contribution in [0.3, 0.4) is 0 Å². The van der Waals surface area contributed by atoms with Crippen LogP contribution in [0.2, 0.25) is 0 Å². The first-order valence-electron chi connectivity index (χ1n) is 8.63. The fourth-order valence-electron chi connectivity index (χ4n) is 3.02. The number of amides is 2. The van der Waals surface area contributed by atoms with Crippen molar-refractivity contribution in [1.29, 1.82) is 0 Å². The highest BCUT2D eigenvalue weighted by Gasteiger charge is 2.15. The highest BCUT2D eigenvalue weighted by molar-refractivity contribution is 7.86. The number of rotatable bonds is 6. The van der Waals surface area contributed by atoms with Crippen LogP contribution in [0.5, 0.6) is 0 Å². The molecule has 2 aromatic rings. The minimum atomic E-state index is -1.56. The van der Waals surface area contributed by atoms with Gasteiger partial charge in [-0.25, -0.2) is 0 Å². The summed E-state index contributed by atoms with van der Waals surface area (Å²) in [4.78, 5) is 24.0. The Labute approximate surface area is 155 Å². The smallest absolute Gasteiger partial charge is 0.237 e. The van der Waals surface area contributed by atoms with Gasteiger partial charge in [-0.05, 0) is 61.6 Å². The Kier molecular flexibility index (Phi) is 5.83. The Morgan fingerprint density at radius 2 is 1.46 bits per heavy atom. The summed E-state index contributed by atoms with van der Waals surface area (Å²) in [6, 6.07) is 13.2. The number of aryl methyl sites for hydroxylation is 3. The second-order valence-electron chi connectivity index (χ2n) is 6.53. The summed E-state index contributed by atoms with van der Waals surface area (Å²) >= 11 is 0. The zero-order valence-corrected chi connectivity index (χ0v) is 15.5. The molecule has 0 aliphatic heterocycles. The fourth-order valence-corrected chi connectivity index (χ4v) is 3.86. The molecule has 6 heteroatoms. The zero-order valence-electron chi connectivity index (χ0n) is 14.7. The number of benzene rings is 2. The molecule has 2 N–H and O–H groups in total. The predicted octanol–water partition coefficient (Wildman–Crippen LogP) is 2.81. The Bertz CT molecular complexity index is 847. The number of anilines is 2. The molecule has 3 rings (SSSR count). The number of hydrogen-bond acceptors (Lipinski definition) is 3. The molecule has 5 nitrogen and oxygen atoms in total. The van der Waals surface area contributed by atoms with E-state index in [1.807, 2.05) is 37.3 Å². The van der Waals surface area contributed by atoms with Crippen molar-refractivity contribution in [3.05, 3.63) is 59.2 Å². The van der Waals surface area contributed by atoms with Crippen LogP contribution in [0, 0.1) is 6.92 Å². The summed E-state index contributed by atoms with van der Waals surface area (Å²) in [5, 5.41) is 5.46. The molecule has 0 bridgehead atoms. The van der Waals surface area contributed by atoms with Crippen LogP contribution in [0.25, 0.3) is 0 Å². The minimum absolute atomic E-state index is 0.196. The van der Waals surface area contributed by atoms with Crippen LogP contribution >= 0.6 is 0 Å². The minimum Gasteiger partial charge on any atom is -0.325 e. The first-order chi connectivity index (χ1) is 12.5. The van der Waals surface area contributed by atoms with Crippen LogP contribution in [-0.4, -0.2) is 27.5 Å². The highest BCUT2D eigenvalue weighted by Crippen LogP contribution is 2.24. The highest BCUT2D eigenvalue weighted by atomic mass is 32.2. The van der Waals surface area contributed by atoms with Crippen LogP contribution in [0.4, 0.5) is 11.4 Å². The lowest BCUT2D eigenvalue weighted by atomic mass is 10.1. The summed E-state index contributed by atoms with van der Waals surface area (Å²) < 4.78 is 12.1. The summed E-state index contributed by atoms with van der Waals surface area (Å²) in [5.74, 6) is -1.11. The standard InChI is InChI=1S/C20H22N2O3S/c1-14-5-8-17(9-6-14)21-19(23)12-26(25)13-20(24)22-18-10-7-15-3-2-4-16(15)11-18/h5-11H,2-4,12-13H2,1H3,(H,21,23)(H,22,24). The van der Waals surface area contributed by atoms with Gasteiger partial charge in [0, 0.05) is 22.2 Å². The van der Waals surface area contributed by atoms with Crippen LogP contribution < -0.4 is 10.6 Å². The molecule has 0 saturated carbocycles. The number of nitrogens with one attached hydrogen (secondary N) is 2. The topological polar surface area (TPSA) is 75.3 Å². The summed E-state index contributed by atoms with van der Waals surface area (Å²) in [5.41, 5.74) is 5.06. The van der Waals surface area contributed by atoms with Crippen molar-refractivity contribution in [3.63, 3.8) is 0 Å². The molecular weight excluding hydrogens is 348 g/mol. The molecule has 0 aromatic heterocycles. The maximum absolute atomic E-state index is 12.1. The van der Waals surface area contributed by atoms with E-state index in [2.05, 4.69) is 10.6 Å².